The van der Waals surface area contributed by atoms with E-state index in [1.54, 1.807) is 36.7 Å². The smallest absolute Gasteiger partial charge is 0.249 e. The molecular formula is C22H19N5O3S. The quantitative estimate of drug-likeness (QED) is 0.346. The zero-order valence-corrected chi connectivity index (χ0v) is 17.1. The van der Waals surface area contributed by atoms with Gasteiger partial charge in [-0.05, 0) is 42.0 Å². The van der Waals surface area contributed by atoms with Gasteiger partial charge >= 0.3 is 0 Å². The molecule has 0 spiro atoms. The van der Waals surface area contributed by atoms with Crippen molar-refractivity contribution >= 4 is 50.0 Å². The number of primary sulfonamides is 1. The third-order valence-electron chi connectivity index (χ3n) is 4.72. The lowest BCUT2D eigenvalue weighted by Crippen LogP contribution is -2.12. The highest BCUT2D eigenvalue weighted by Crippen LogP contribution is 2.31. The number of amides is 1. The molecule has 0 fully saturated rings. The number of hydrogen-bond acceptors (Lipinski definition) is 5. The van der Waals surface area contributed by atoms with Crippen molar-refractivity contribution in [2.24, 2.45) is 10.9 Å². The first-order chi connectivity index (χ1) is 14.8. The molecular weight excluding hydrogens is 414 g/mol. The van der Waals surface area contributed by atoms with Gasteiger partial charge < -0.3 is 16.0 Å². The second-order valence-corrected chi connectivity index (χ2v) is 8.37. The molecule has 0 aliphatic rings. The predicted molar refractivity (Wildman–Crippen MR) is 121 cm³/mol. The second kappa shape index (κ2) is 8.05. The molecule has 9 heteroatoms. The molecule has 156 valence electrons. The zero-order valence-electron chi connectivity index (χ0n) is 16.2. The van der Waals surface area contributed by atoms with E-state index in [0.29, 0.717) is 22.5 Å². The highest BCUT2D eigenvalue weighted by molar-refractivity contribution is 7.89. The Balaban J connectivity index is 1.77. The van der Waals surface area contributed by atoms with Crippen molar-refractivity contribution in [3.8, 4) is 0 Å². The maximum atomic E-state index is 12.1. The number of anilines is 2. The van der Waals surface area contributed by atoms with Gasteiger partial charge in [-0.3, -0.25) is 4.79 Å². The first-order valence-electron chi connectivity index (χ1n) is 9.26. The van der Waals surface area contributed by atoms with E-state index in [0.717, 1.165) is 16.6 Å². The highest BCUT2D eigenvalue weighted by atomic mass is 32.2. The lowest BCUT2D eigenvalue weighted by molar-refractivity contribution is -0.112. The minimum Gasteiger partial charge on any atom is -0.366 e. The number of fused-ring (bicyclic) bond motifs is 1. The third-order valence-corrected chi connectivity index (χ3v) is 5.65. The number of H-pyrrole nitrogens is 1. The molecule has 2 aromatic heterocycles. The number of carbonyl (C=O) groups is 1. The largest absolute Gasteiger partial charge is 0.366 e. The van der Waals surface area contributed by atoms with Crippen molar-refractivity contribution in [3.63, 3.8) is 0 Å². The van der Waals surface area contributed by atoms with Crippen molar-refractivity contribution in [1.82, 2.24) is 9.97 Å². The average molecular weight is 433 g/mol. The van der Waals surface area contributed by atoms with Gasteiger partial charge in [0.05, 0.1) is 10.6 Å². The number of rotatable bonds is 6. The number of nitrogens with two attached hydrogens (primary N) is 2. The summed E-state index contributed by atoms with van der Waals surface area (Å²) in [6, 6.07) is 17.0. The van der Waals surface area contributed by atoms with E-state index in [1.807, 2.05) is 30.3 Å². The van der Waals surface area contributed by atoms with Crippen LogP contribution in [-0.4, -0.2) is 24.3 Å². The molecule has 0 unspecified atom stereocenters. The first kappa shape index (κ1) is 20.3. The molecule has 31 heavy (non-hydrogen) atoms. The van der Waals surface area contributed by atoms with Crippen LogP contribution in [0.4, 0.5) is 11.4 Å². The number of carbonyl (C=O) groups excluding carboxylic acids is 1. The van der Waals surface area contributed by atoms with E-state index >= 15 is 0 Å². The summed E-state index contributed by atoms with van der Waals surface area (Å²) >= 11 is 0. The number of primary amides is 1. The highest BCUT2D eigenvalue weighted by Gasteiger charge is 2.14. The summed E-state index contributed by atoms with van der Waals surface area (Å²) in [6.45, 7) is 0. The fraction of sp³-hybridized carbons (Fsp3) is 0. The van der Waals surface area contributed by atoms with Crippen LogP contribution in [0.25, 0.3) is 22.7 Å². The molecule has 0 radical (unpaired) electrons. The summed E-state index contributed by atoms with van der Waals surface area (Å²) in [5, 5.41) is 9.16. The molecule has 6 N–H and O–H groups in total. The van der Waals surface area contributed by atoms with E-state index in [1.165, 1.54) is 12.1 Å². The van der Waals surface area contributed by atoms with Gasteiger partial charge in [0.1, 0.15) is 5.65 Å². The summed E-state index contributed by atoms with van der Waals surface area (Å²) in [6.07, 6.45) is 5.10. The number of nitrogens with zero attached hydrogens (tertiary/aromatic N) is 1. The summed E-state index contributed by atoms with van der Waals surface area (Å²) in [7, 11) is -3.77. The lowest BCUT2D eigenvalue weighted by atomic mass is 10.0. The van der Waals surface area contributed by atoms with Crippen LogP contribution in [0.2, 0.25) is 0 Å². The van der Waals surface area contributed by atoms with Crippen molar-refractivity contribution in [2.75, 3.05) is 5.32 Å². The number of benzene rings is 2. The number of nitrogens with one attached hydrogen (secondary N) is 2. The van der Waals surface area contributed by atoms with Crippen LogP contribution < -0.4 is 16.2 Å². The van der Waals surface area contributed by atoms with Gasteiger partial charge in [-0.1, -0.05) is 30.3 Å². The van der Waals surface area contributed by atoms with Crippen LogP contribution in [0.15, 0.2) is 78.0 Å². The number of aromatic amines is 1. The van der Waals surface area contributed by atoms with E-state index in [9.17, 15) is 13.2 Å². The van der Waals surface area contributed by atoms with Gasteiger partial charge in [-0.25, -0.2) is 18.5 Å². The summed E-state index contributed by atoms with van der Waals surface area (Å²) in [5.41, 5.74) is 9.44. The summed E-state index contributed by atoms with van der Waals surface area (Å²) < 4.78 is 22.9. The second-order valence-electron chi connectivity index (χ2n) is 6.81. The maximum Gasteiger partial charge on any atom is 0.249 e. The van der Waals surface area contributed by atoms with Crippen LogP contribution >= 0.6 is 0 Å². The SMILES string of the molecule is NC(=O)/C(=C/c1c[nH]c2nccc(Nc3ccc(S(N)(=O)=O)cc3)c12)c1ccccc1. The molecule has 0 saturated heterocycles. The number of aromatic nitrogens is 2. The molecule has 8 nitrogen and oxygen atoms in total. The van der Waals surface area contributed by atoms with Gasteiger partial charge in [-0.2, -0.15) is 0 Å². The fourth-order valence-corrected chi connectivity index (χ4v) is 3.77. The number of hydrogen-bond donors (Lipinski definition) is 4. The average Bonchev–Trinajstić information content (AvgIpc) is 3.16. The molecule has 4 rings (SSSR count). The summed E-state index contributed by atoms with van der Waals surface area (Å²) in [4.78, 5) is 19.6. The molecule has 4 aromatic rings. The lowest BCUT2D eigenvalue weighted by Gasteiger charge is -2.10. The van der Waals surface area contributed by atoms with Crippen molar-refractivity contribution in [2.45, 2.75) is 4.90 Å². The van der Waals surface area contributed by atoms with Crippen molar-refractivity contribution < 1.29 is 13.2 Å². The van der Waals surface area contributed by atoms with Gasteiger partial charge in [-0.15, -0.1) is 0 Å². The summed E-state index contributed by atoms with van der Waals surface area (Å²) in [5.74, 6) is -0.544. The zero-order chi connectivity index (χ0) is 22.0. The Bertz CT molecular complexity index is 1390. The van der Waals surface area contributed by atoms with Crippen LogP contribution in [-0.2, 0) is 14.8 Å². The topological polar surface area (TPSA) is 144 Å². The van der Waals surface area contributed by atoms with E-state index in [-0.39, 0.29) is 4.90 Å². The first-order valence-corrected chi connectivity index (χ1v) is 10.8. The minimum atomic E-state index is -3.77. The van der Waals surface area contributed by atoms with Gasteiger partial charge in [0.2, 0.25) is 15.9 Å². The minimum absolute atomic E-state index is 0.0251. The molecule has 2 aromatic carbocycles. The molecule has 0 atom stereocenters. The van der Waals surface area contributed by atoms with Gasteiger partial charge in [0.25, 0.3) is 0 Å². The number of sulfonamides is 1. The molecule has 1 amide bonds. The molecule has 0 aliphatic carbocycles. The monoisotopic (exact) mass is 433 g/mol. The number of pyridine rings is 1. The maximum absolute atomic E-state index is 12.1. The standard InChI is InChI=1S/C22H19N5O3S/c23-21(28)18(14-4-2-1-3-5-14)12-15-13-26-22-20(15)19(10-11-25-22)27-16-6-8-17(9-7-16)31(24,29)30/h1-13H,(H2,23,28)(H2,24,29,30)(H2,25,26,27)/b18-12+. The molecule has 2 heterocycles. The molecule has 0 aliphatic heterocycles. The normalized spacial score (nSPS) is 12.1. The van der Waals surface area contributed by atoms with Crippen molar-refractivity contribution in [1.29, 1.82) is 0 Å². The van der Waals surface area contributed by atoms with Crippen LogP contribution in [0.5, 0.6) is 0 Å². The Labute approximate surface area is 178 Å². The Morgan fingerprint density at radius 3 is 2.39 bits per heavy atom. The van der Waals surface area contributed by atoms with Crippen LogP contribution in [0.3, 0.4) is 0 Å². The Morgan fingerprint density at radius 1 is 1.03 bits per heavy atom. The van der Waals surface area contributed by atoms with E-state index in [2.05, 4.69) is 15.3 Å². The molecule has 0 bridgehead atoms. The third kappa shape index (κ3) is 4.32. The Morgan fingerprint density at radius 2 is 1.74 bits per heavy atom. The van der Waals surface area contributed by atoms with E-state index in [4.69, 9.17) is 10.9 Å². The van der Waals surface area contributed by atoms with Crippen LogP contribution in [0, 0.1) is 0 Å². The molecule has 0 saturated carbocycles. The van der Waals surface area contributed by atoms with Gasteiger partial charge in [0, 0.05) is 34.6 Å². The van der Waals surface area contributed by atoms with E-state index < -0.39 is 15.9 Å². The Kier molecular flexibility index (Phi) is 5.28. The van der Waals surface area contributed by atoms with Crippen molar-refractivity contribution in [3.05, 3.63) is 84.2 Å². The predicted octanol–water partition coefficient (Wildman–Crippen LogP) is 2.98. The van der Waals surface area contributed by atoms with Crippen LogP contribution in [0.1, 0.15) is 11.1 Å². The van der Waals surface area contributed by atoms with Gasteiger partial charge in [0.15, 0.2) is 0 Å². The Hall–Kier alpha value is -3.95. The fourth-order valence-electron chi connectivity index (χ4n) is 3.25.